The van der Waals surface area contributed by atoms with Gasteiger partial charge >= 0.3 is 0 Å². The summed E-state index contributed by atoms with van der Waals surface area (Å²) >= 11 is 9.75. The summed E-state index contributed by atoms with van der Waals surface area (Å²) in [6.07, 6.45) is 5.14. The smallest absolute Gasteiger partial charge is 0.256 e. The lowest BCUT2D eigenvalue weighted by Gasteiger charge is -2.45. The summed E-state index contributed by atoms with van der Waals surface area (Å²) in [4.78, 5) is 15.3. The van der Waals surface area contributed by atoms with Crippen LogP contribution in [0.3, 0.4) is 0 Å². The van der Waals surface area contributed by atoms with E-state index in [1.807, 2.05) is 6.92 Å². The van der Waals surface area contributed by atoms with Crippen molar-refractivity contribution in [3.05, 3.63) is 56.9 Å². The minimum atomic E-state index is -0.614. The SMILES string of the molecule is Cc1cnnc2c(F)c(Nc3ccc(Br)cc3Cl)c(C(=O)N3CC([C@@H]4CCCCN4)C3)cc12. The molecule has 0 radical (unpaired) electrons. The molecule has 2 aliphatic heterocycles. The first-order valence-electron chi connectivity index (χ1n) is 11.1. The highest BCUT2D eigenvalue weighted by atomic mass is 79.9. The zero-order valence-electron chi connectivity index (χ0n) is 18.2. The van der Waals surface area contributed by atoms with Crippen LogP contribution in [0.1, 0.15) is 35.2 Å². The highest BCUT2D eigenvalue weighted by Crippen LogP contribution is 2.36. The Balaban J connectivity index is 1.50. The predicted molar refractivity (Wildman–Crippen MR) is 132 cm³/mol. The zero-order valence-corrected chi connectivity index (χ0v) is 20.5. The standard InChI is InChI=1S/C24H24BrClFN5O/c1-13-10-29-31-23-16(13)9-17(22(21(23)27)30-20-6-5-15(25)8-18(20)26)24(33)32-11-14(12-32)19-4-2-3-7-28-19/h5-6,8-10,14,19,28,30H,2-4,7,11-12H2,1H3/t19-/m0/s1. The summed E-state index contributed by atoms with van der Waals surface area (Å²) < 4.78 is 16.5. The van der Waals surface area contributed by atoms with Crippen molar-refractivity contribution in [2.24, 2.45) is 5.92 Å². The minimum Gasteiger partial charge on any atom is -0.351 e. The van der Waals surface area contributed by atoms with Crippen molar-refractivity contribution in [2.45, 2.75) is 32.2 Å². The van der Waals surface area contributed by atoms with E-state index in [0.29, 0.717) is 41.1 Å². The Kier molecular flexibility index (Phi) is 6.24. The second-order valence-corrected chi connectivity index (χ2v) is 10.1. The first-order valence-corrected chi connectivity index (χ1v) is 12.3. The van der Waals surface area contributed by atoms with Crippen LogP contribution in [-0.4, -0.2) is 46.7 Å². The average Bonchev–Trinajstić information content (AvgIpc) is 2.77. The summed E-state index contributed by atoms with van der Waals surface area (Å²) in [5, 5.41) is 15.5. The number of carbonyl (C=O) groups is 1. The molecule has 2 aliphatic rings. The number of carbonyl (C=O) groups excluding carboxylic acids is 1. The number of anilines is 2. The number of benzene rings is 2. The molecule has 9 heteroatoms. The zero-order chi connectivity index (χ0) is 23.1. The highest BCUT2D eigenvalue weighted by Gasteiger charge is 2.38. The van der Waals surface area contributed by atoms with E-state index in [9.17, 15) is 4.79 Å². The Morgan fingerprint density at radius 3 is 2.85 bits per heavy atom. The van der Waals surface area contributed by atoms with Crippen molar-refractivity contribution >= 4 is 55.7 Å². The highest BCUT2D eigenvalue weighted by molar-refractivity contribution is 9.10. The maximum atomic E-state index is 15.7. The third-order valence-electron chi connectivity index (χ3n) is 6.61. The molecule has 2 N–H and O–H groups in total. The largest absolute Gasteiger partial charge is 0.351 e. The molecule has 1 aromatic heterocycles. The Labute approximate surface area is 205 Å². The van der Waals surface area contributed by atoms with Gasteiger partial charge in [-0.2, -0.15) is 5.10 Å². The number of nitrogens with zero attached hydrogens (tertiary/aromatic N) is 3. The van der Waals surface area contributed by atoms with E-state index < -0.39 is 5.82 Å². The van der Waals surface area contributed by atoms with E-state index in [4.69, 9.17) is 11.6 Å². The fourth-order valence-electron chi connectivity index (χ4n) is 4.68. The number of hydrogen-bond acceptors (Lipinski definition) is 5. The number of aryl methyl sites for hydroxylation is 1. The van der Waals surface area contributed by atoms with Crippen LogP contribution in [0.25, 0.3) is 10.9 Å². The molecule has 3 aromatic rings. The quantitative estimate of drug-likeness (QED) is 0.468. The lowest BCUT2D eigenvalue weighted by molar-refractivity contribution is 0.0393. The monoisotopic (exact) mass is 531 g/mol. The van der Waals surface area contributed by atoms with Crippen molar-refractivity contribution in [3.8, 4) is 0 Å². The number of nitrogens with one attached hydrogen (secondary N) is 2. The molecule has 0 aliphatic carbocycles. The second-order valence-electron chi connectivity index (χ2n) is 8.81. The molecule has 1 amide bonds. The second kappa shape index (κ2) is 9.16. The molecular weight excluding hydrogens is 509 g/mol. The Morgan fingerprint density at radius 1 is 1.30 bits per heavy atom. The lowest BCUT2D eigenvalue weighted by atomic mass is 9.86. The maximum Gasteiger partial charge on any atom is 0.256 e. The van der Waals surface area contributed by atoms with E-state index >= 15 is 4.39 Å². The van der Waals surface area contributed by atoms with Gasteiger partial charge in [-0.15, -0.1) is 5.10 Å². The van der Waals surface area contributed by atoms with Gasteiger partial charge in [0.25, 0.3) is 5.91 Å². The van der Waals surface area contributed by atoms with Gasteiger partial charge in [0.15, 0.2) is 5.82 Å². The molecule has 2 aromatic carbocycles. The number of aromatic nitrogens is 2. The fraction of sp³-hybridized carbons (Fsp3) is 0.375. The molecule has 2 saturated heterocycles. The molecule has 1 atom stereocenters. The van der Waals surface area contributed by atoms with Crippen LogP contribution >= 0.6 is 27.5 Å². The number of piperidine rings is 1. The normalized spacial score (nSPS) is 18.9. The number of likely N-dealkylation sites (tertiary alicyclic amines) is 1. The van der Waals surface area contributed by atoms with Crippen molar-refractivity contribution in [1.82, 2.24) is 20.4 Å². The molecular formula is C24H24BrClFN5O. The number of halogens is 3. The van der Waals surface area contributed by atoms with Crippen molar-refractivity contribution in [1.29, 1.82) is 0 Å². The van der Waals surface area contributed by atoms with Crippen LogP contribution in [0.15, 0.2) is 34.9 Å². The summed E-state index contributed by atoms with van der Waals surface area (Å²) in [5.41, 5.74) is 1.71. The summed E-state index contributed by atoms with van der Waals surface area (Å²) in [5.74, 6) is -0.378. The fourth-order valence-corrected chi connectivity index (χ4v) is 5.40. The Hall–Kier alpha value is -2.29. The first kappa shape index (κ1) is 22.5. The third-order valence-corrected chi connectivity index (χ3v) is 7.42. The lowest BCUT2D eigenvalue weighted by Crippen LogP contribution is -2.58. The molecule has 2 fully saturated rings. The number of rotatable bonds is 4. The first-order chi connectivity index (χ1) is 15.9. The summed E-state index contributed by atoms with van der Waals surface area (Å²) in [6, 6.07) is 7.42. The number of amides is 1. The van der Waals surface area contributed by atoms with Gasteiger partial charge in [0, 0.05) is 34.9 Å². The van der Waals surface area contributed by atoms with Gasteiger partial charge in [-0.25, -0.2) is 4.39 Å². The van der Waals surface area contributed by atoms with Crippen LogP contribution in [0.5, 0.6) is 0 Å². The van der Waals surface area contributed by atoms with Gasteiger partial charge in [-0.1, -0.05) is 34.0 Å². The molecule has 0 bridgehead atoms. The van der Waals surface area contributed by atoms with Gasteiger partial charge < -0.3 is 15.5 Å². The van der Waals surface area contributed by atoms with E-state index in [0.717, 1.165) is 23.0 Å². The maximum absolute atomic E-state index is 15.7. The molecule has 3 heterocycles. The Morgan fingerprint density at radius 2 is 2.12 bits per heavy atom. The van der Waals surface area contributed by atoms with Gasteiger partial charge in [0.2, 0.25) is 0 Å². The van der Waals surface area contributed by atoms with Crippen LogP contribution in [0.2, 0.25) is 5.02 Å². The molecule has 172 valence electrons. The minimum absolute atomic E-state index is 0.0656. The van der Waals surface area contributed by atoms with Crippen LogP contribution in [0, 0.1) is 18.7 Å². The summed E-state index contributed by atoms with van der Waals surface area (Å²) in [7, 11) is 0. The van der Waals surface area contributed by atoms with Gasteiger partial charge in [-0.05, 0) is 56.1 Å². The molecule has 0 saturated carbocycles. The van der Waals surface area contributed by atoms with Gasteiger partial charge in [0.1, 0.15) is 5.52 Å². The number of hydrogen-bond donors (Lipinski definition) is 2. The number of fused-ring (bicyclic) bond motifs is 1. The topological polar surface area (TPSA) is 70.2 Å². The van der Waals surface area contributed by atoms with E-state index in [1.54, 1.807) is 35.4 Å². The van der Waals surface area contributed by atoms with E-state index in [1.165, 1.54) is 12.8 Å². The molecule has 33 heavy (non-hydrogen) atoms. The van der Waals surface area contributed by atoms with E-state index in [-0.39, 0.29) is 22.7 Å². The summed E-state index contributed by atoms with van der Waals surface area (Å²) in [6.45, 7) is 4.20. The average molecular weight is 533 g/mol. The van der Waals surface area contributed by atoms with Crippen molar-refractivity contribution < 1.29 is 9.18 Å². The predicted octanol–water partition coefficient (Wildman–Crippen LogP) is 5.45. The van der Waals surface area contributed by atoms with Gasteiger partial charge in [-0.3, -0.25) is 4.79 Å². The molecule has 5 rings (SSSR count). The third kappa shape index (κ3) is 4.32. The van der Waals surface area contributed by atoms with Gasteiger partial charge in [0.05, 0.1) is 28.2 Å². The molecule has 0 spiro atoms. The van der Waals surface area contributed by atoms with Crippen molar-refractivity contribution in [3.63, 3.8) is 0 Å². The van der Waals surface area contributed by atoms with Crippen LogP contribution in [-0.2, 0) is 0 Å². The van der Waals surface area contributed by atoms with E-state index in [2.05, 4.69) is 36.8 Å². The Bertz CT molecular complexity index is 1230. The van der Waals surface area contributed by atoms with Crippen LogP contribution in [0.4, 0.5) is 15.8 Å². The van der Waals surface area contributed by atoms with Crippen molar-refractivity contribution in [2.75, 3.05) is 25.0 Å². The molecule has 6 nitrogen and oxygen atoms in total. The molecule has 0 unspecified atom stereocenters. The van der Waals surface area contributed by atoms with Crippen LogP contribution < -0.4 is 10.6 Å².